The lowest BCUT2D eigenvalue weighted by Gasteiger charge is -2.03. The molecule has 0 bridgehead atoms. The van der Waals surface area contributed by atoms with E-state index < -0.39 is 0 Å². The molecule has 0 saturated heterocycles. The third-order valence-corrected chi connectivity index (χ3v) is 5.25. The number of aromatic nitrogens is 3. The summed E-state index contributed by atoms with van der Waals surface area (Å²) in [6, 6.07) is 8.80. The van der Waals surface area contributed by atoms with Crippen molar-refractivity contribution >= 4 is 45.7 Å². The molecule has 6 nitrogen and oxygen atoms in total. The third kappa shape index (κ3) is 4.94. The predicted molar refractivity (Wildman–Crippen MR) is 106 cm³/mol. The molecule has 2 N–H and O–H groups in total. The van der Waals surface area contributed by atoms with Crippen molar-refractivity contribution in [1.82, 2.24) is 15.0 Å². The number of H-pyrrole nitrogens is 1. The summed E-state index contributed by atoms with van der Waals surface area (Å²) >= 11 is 8.41. The number of carbonyl (C=O) groups is 1. The summed E-state index contributed by atoms with van der Waals surface area (Å²) in [5.41, 5.74) is 2.19. The zero-order valence-corrected chi connectivity index (χ0v) is 16.2. The van der Waals surface area contributed by atoms with Gasteiger partial charge in [-0.2, -0.15) is 0 Å². The molecule has 0 aliphatic heterocycles. The van der Waals surface area contributed by atoms with Gasteiger partial charge < -0.3 is 10.3 Å². The van der Waals surface area contributed by atoms with Gasteiger partial charge in [0.1, 0.15) is 0 Å². The van der Waals surface area contributed by atoms with Crippen molar-refractivity contribution in [3.05, 3.63) is 56.8 Å². The van der Waals surface area contributed by atoms with Crippen LogP contribution in [-0.4, -0.2) is 26.6 Å². The van der Waals surface area contributed by atoms with Gasteiger partial charge in [0.2, 0.25) is 5.91 Å². The number of thiazole rings is 1. The number of hydrogen-bond donors (Lipinski definition) is 2. The molecule has 0 aliphatic carbocycles. The average molecular weight is 407 g/mol. The Labute approximate surface area is 163 Å². The fourth-order valence-corrected chi connectivity index (χ4v) is 3.66. The molecule has 2 heterocycles. The van der Waals surface area contributed by atoms with E-state index in [1.54, 1.807) is 12.1 Å². The molecule has 3 aromatic rings. The molecule has 1 amide bonds. The molecule has 0 atom stereocenters. The van der Waals surface area contributed by atoms with Gasteiger partial charge in [0, 0.05) is 27.7 Å². The number of carbonyl (C=O) groups excluding carboxylic acids is 1. The van der Waals surface area contributed by atoms with Crippen LogP contribution in [0.3, 0.4) is 0 Å². The normalized spacial score (nSPS) is 10.7. The summed E-state index contributed by atoms with van der Waals surface area (Å²) in [6.07, 6.45) is 0.663. The molecule has 0 radical (unpaired) electrons. The first kappa shape index (κ1) is 18.6. The Morgan fingerprint density at radius 3 is 2.81 bits per heavy atom. The van der Waals surface area contributed by atoms with Gasteiger partial charge in [-0.25, -0.2) is 9.97 Å². The van der Waals surface area contributed by atoms with Crippen molar-refractivity contribution in [3.8, 4) is 11.3 Å². The average Bonchev–Trinajstić information content (AvgIpc) is 3.08. The van der Waals surface area contributed by atoms with Crippen molar-refractivity contribution < 1.29 is 4.79 Å². The Morgan fingerprint density at radius 1 is 1.31 bits per heavy atom. The quantitative estimate of drug-likeness (QED) is 0.479. The predicted octanol–water partition coefficient (Wildman–Crippen LogP) is 3.84. The topological polar surface area (TPSA) is 87.7 Å². The lowest BCUT2D eigenvalue weighted by Crippen LogP contribution is -2.15. The highest BCUT2D eigenvalue weighted by molar-refractivity contribution is 7.99. The molecule has 0 saturated carbocycles. The maximum Gasteiger partial charge on any atom is 0.251 e. The van der Waals surface area contributed by atoms with Gasteiger partial charge in [0.25, 0.3) is 5.56 Å². The Hall–Kier alpha value is -2.16. The maximum absolute atomic E-state index is 12.1. The number of rotatable bonds is 6. The van der Waals surface area contributed by atoms with Crippen LogP contribution in [0.2, 0.25) is 5.02 Å². The zero-order chi connectivity index (χ0) is 18.5. The van der Waals surface area contributed by atoms with E-state index in [9.17, 15) is 9.59 Å². The van der Waals surface area contributed by atoms with Gasteiger partial charge in [0.05, 0.1) is 11.4 Å². The van der Waals surface area contributed by atoms with Crippen LogP contribution in [0.15, 0.2) is 45.7 Å². The molecule has 26 heavy (non-hydrogen) atoms. The van der Waals surface area contributed by atoms with Crippen LogP contribution >= 0.6 is 34.7 Å². The summed E-state index contributed by atoms with van der Waals surface area (Å²) in [5.74, 6) is -0.0806. The second-order valence-corrected chi connectivity index (χ2v) is 7.54. The van der Waals surface area contributed by atoms with E-state index >= 15 is 0 Å². The Balaban J connectivity index is 1.59. The van der Waals surface area contributed by atoms with E-state index in [2.05, 4.69) is 20.3 Å². The van der Waals surface area contributed by atoms with E-state index in [0.717, 1.165) is 11.3 Å². The highest BCUT2D eigenvalue weighted by Crippen LogP contribution is 2.26. The second kappa shape index (κ2) is 8.48. The number of hydrogen-bond acceptors (Lipinski definition) is 6. The Morgan fingerprint density at radius 2 is 2.08 bits per heavy atom. The molecule has 1 aromatic carbocycles. The van der Waals surface area contributed by atoms with E-state index in [-0.39, 0.29) is 17.2 Å². The van der Waals surface area contributed by atoms with Crippen LogP contribution in [0.25, 0.3) is 11.3 Å². The number of halogens is 1. The summed E-state index contributed by atoms with van der Waals surface area (Å²) in [4.78, 5) is 35.0. The number of anilines is 1. The van der Waals surface area contributed by atoms with Crippen LogP contribution in [0.1, 0.15) is 12.6 Å². The SMILES string of the molecule is CCc1cc(=O)[nH]c(SCC(=O)Nc2nc(-c3ccc(Cl)cc3)cs2)n1. The van der Waals surface area contributed by atoms with Crippen LogP contribution < -0.4 is 10.9 Å². The van der Waals surface area contributed by atoms with Crippen LogP contribution in [0.5, 0.6) is 0 Å². The van der Waals surface area contributed by atoms with E-state index in [1.165, 1.54) is 29.2 Å². The minimum absolute atomic E-state index is 0.131. The van der Waals surface area contributed by atoms with Gasteiger partial charge >= 0.3 is 0 Å². The minimum atomic E-state index is -0.215. The van der Waals surface area contributed by atoms with Crippen LogP contribution in [-0.2, 0) is 11.2 Å². The van der Waals surface area contributed by atoms with Crippen LogP contribution in [0.4, 0.5) is 5.13 Å². The van der Waals surface area contributed by atoms with Crippen molar-refractivity contribution in [2.45, 2.75) is 18.5 Å². The number of nitrogens with zero attached hydrogens (tertiary/aromatic N) is 2. The molecule has 9 heteroatoms. The first-order chi connectivity index (χ1) is 12.5. The van der Waals surface area contributed by atoms with Crippen molar-refractivity contribution in [3.63, 3.8) is 0 Å². The summed E-state index contributed by atoms with van der Waals surface area (Å²) < 4.78 is 0. The first-order valence-corrected chi connectivity index (χ1v) is 10.0. The number of amides is 1. The monoisotopic (exact) mass is 406 g/mol. The highest BCUT2D eigenvalue weighted by Gasteiger charge is 2.10. The molecule has 134 valence electrons. The van der Waals surface area contributed by atoms with E-state index in [1.807, 2.05) is 24.4 Å². The molecule has 0 spiro atoms. The molecule has 0 fully saturated rings. The molecular weight excluding hydrogens is 392 g/mol. The minimum Gasteiger partial charge on any atom is -0.301 e. The molecule has 0 unspecified atom stereocenters. The van der Waals surface area contributed by atoms with E-state index in [0.29, 0.717) is 27.4 Å². The van der Waals surface area contributed by atoms with Crippen molar-refractivity contribution in [1.29, 1.82) is 0 Å². The Bertz CT molecular complexity index is 969. The smallest absolute Gasteiger partial charge is 0.251 e. The molecule has 0 aliphatic rings. The van der Waals surface area contributed by atoms with Gasteiger partial charge in [-0.3, -0.25) is 9.59 Å². The number of aryl methyl sites for hydroxylation is 1. The molecular formula is C17H15ClN4O2S2. The first-order valence-electron chi connectivity index (χ1n) is 7.78. The lowest BCUT2D eigenvalue weighted by molar-refractivity contribution is -0.113. The number of thioether (sulfide) groups is 1. The summed E-state index contributed by atoms with van der Waals surface area (Å²) in [6.45, 7) is 1.92. The summed E-state index contributed by atoms with van der Waals surface area (Å²) in [5, 5.41) is 6.24. The second-order valence-electron chi connectivity index (χ2n) is 5.28. The van der Waals surface area contributed by atoms with Crippen LogP contribution in [0, 0.1) is 0 Å². The lowest BCUT2D eigenvalue weighted by atomic mass is 10.2. The maximum atomic E-state index is 12.1. The standard InChI is InChI=1S/C17H15ClN4O2S2/c1-2-12-7-14(23)21-16(19-12)26-9-15(24)22-17-20-13(8-25-17)10-3-5-11(18)6-4-10/h3-8H,2,9H2,1H3,(H,19,21,23)(H,20,22,24). The molecule has 3 rings (SSSR count). The number of nitrogens with one attached hydrogen (secondary N) is 2. The molecule has 2 aromatic heterocycles. The van der Waals surface area contributed by atoms with Gasteiger partial charge in [-0.1, -0.05) is 42.4 Å². The highest BCUT2D eigenvalue weighted by atomic mass is 35.5. The fraction of sp³-hybridized carbons (Fsp3) is 0.176. The third-order valence-electron chi connectivity index (χ3n) is 3.37. The summed E-state index contributed by atoms with van der Waals surface area (Å²) in [7, 11) is 0. The van der Waals surface area contributed by atoms with Crippen molar-refractivity contribution in [2.75, 3.05) is 11.1 Å². The zero-order valence-electron chi connectivity index (χ0n) is 13.8. The largest absolute Gasteiger partial charge is 0.301 e. The van der Waals surface area contributed by atoms with Crippen molar-refractivity contribution in [2.24, 2.45) is 0 Å². The van der Waals surface area contributed by atoms with Gasteiger partial charge in [0.15, 0.2) is 10.3 Å². The number of aromatic amines is 1. The van der Waals surface area contributed by atoms with E-state index in [4.69, 9.17) is 11.6 Å². The van der Waals surface area contributed by atoms with Gasteiger partial charge in [-0.05, 0) is 18.6 Å². The Kier molecular flexibility index (Phi) is 6.08. The number of benzene rings is 1. The fourth-order valence-electron chi connectivity index (χ4n) is 2.11. The van der Waals surface area contributed by atoms with Gasteiger partial charge in [-0.15, -0.1) is 11.3 Å².